The first-order valence-electron chi connectivity index (χ1n) is 6.08. The van der Waals surface area contributed by atoms with Gasteiger partial charge in [0.05, 0.1) is 0 Å². The smallest absolute Gasteiger partial charge is 0.141 e. The maximum Gasteiger partial charge on any atom is 0.141 e. The second-order valence-corrected chi connectivity index (χ2v) is 5.23. The summed E-state index contributed by atoms with van der Waals surface area (Å²) < 4.78 is 0. The van der Waals surface area contributed by atoms with Crippen LogP contribution < -0.4 is 0 Å². The number of Topliss-reactive ketones (excluding diaryl/α,β-unsaturated/α-hetero) is 1. The highest BCUT2D eigenvalue weighted by molar-refractivity contribution is 5.83. The van der Waals surface area contributed by atoms with Crippen molar-refractivity contribution in [1.82, 2.24) is 4.90 Å². The number of ketones is 1. The molecule has 1 fully saturated rings. The van der Waals surface area contributed by atoms with Gasteiger partial charge in [-0.05, 0) is 18.8 Å². The summed E-state index contributed by atoms with van der Waals surface area (Å²) in [5.74, 6) is 1.74. The molecule has 2 aliphatic rings. The van der Waals surface area contributed by atoms with Crippen LogP contribution in [-0.2, 0) is 4.79 Å². The monoisotopic (exact) mass is 207 g/mol. The summed E-state index contributed by atoms with van der Waals surface area (Å²) in [6, 6.07) is 0. The third-order valence-corrected chi connectivity index (χ3v) is 3.66. The minimum atomic E-state index is 0.239. The Balaban J connectivity index is 1.85. The molecular formula is C13H21NO. The van der Waals surface area contributed by atoms with Crippen molar-refractivity contribution >= 4 is 5.78 Å². The van der Waals surface area contributed by atoms with Crippen molar-refractivity contribution in [2.75, 3.05) is 19.6 Å². The highest BCUT2D eigenvalue weighted by Crippen LogP contribution is 2.23. The number of nitrogens with zero attached hydrogens (tertiary/aromatic N) is 1. The van der Waals surface area contributed by atoms with Crippen LogP contribution in [0.1, 0.15) is 26.7 Å². The maximum atomic E-state index is 11.7. The predicted molar refractivity (Wildman–Crippen MR) is 61.6 cm³/mol. The number of hydrogen-bond donors (Lipinski definition) is 0. The van der Waals surface area contributed by atoms with E-state index in [-0.39, 0.29) is 11.8 Å². The summed E-state index contributed by atoms with van der Waals surface area (Å²) in [5, 5.41) is 0. The Morgan fingerprint density at radius 1 is 1.20 bits per heavy atom. The average molecular weight is 207 g/mol. The van der Waals surface area contributed by atoms with Crippen LogP contribution in [0.3, 0.4) is 0 Å². The Morgan fingerprint density at radius 2 is 1.73 bits per heavy atom. The lowest BCUT2D eigenvalue weighted by Crippen LogP contribution is -2.46. The number of carbonyl (C=O) groups is 1. The molecule has 2 atom stereocenters. The number of hydrogen-bond acceptors (Lipinski definition) is 2. The summed E-state index contributed by atoms with van der Waals surface area (Å²) >= 11 is 0. The van der Waals surface area contributed by atoms with E-state index in [0.717, 1.165) is 19.0 Å². The van der Waals surface area contributed by atoms with E-state index >= 15 is 0 Å². The van der Waals surface area contributed by atoms with Gasteiger partial charge in [0.15, 0.2) is 0 Å². The van der Waals surface area contributed by atoms with E-state index in [2.05, 4.69) is 30.9 Å². The molecule has 0 radical (unpaired) electrons. The van der Waals surface area contributed by atoms with E-state index < -0.39 is 0 Å². The zero-order chi connectivity index (χ0) is 10.8. The van der Waals surface area contributed by atoms with Gasteiger partial charge >= 0.3 is 0 Å². The Hall–Kier alpha value is -0.630. The van der Waals surface area contributed by atoms with E-state index in [9.17, 15) is 4.79 Å². The molecule has 0 aromatic carbocycles. The summed E-state index contributed by atoms with van der Waals surface area (Å²) in [4.78, 5) is 14.1. The fourth-order valence-corrected chi connectivity index (χ4v) is 2.85. The van der Waals surface area contributed by atoms with Crippen LogP contribution in [0.4, 0.5) is 0 Å². The highest BCUT2D eigenvalue weighted by Gasteiger charge is 2.30. The Morgan fingerprint density at radius 3 is 2.27 bits per heavy atom. The normalized spacial score (nSPS) is 33.9. The molecule has 0 bridgehead atoms. The standard InChI is InChI=1S/C13H21NO/c1-10-7-14(8-11(2)13(10)15)9-12-5-3-4-6-12/h3-4,10-12H,5-9H2,1-2H3. The number of rotatable bonds is 2. The van der Waals surface area contributed by atoms with Crippen LogP contribution in [0.25, 0.3) is 0 Å². The molecule has 0 aromatic rings. The minimum absolute atomic E-state index is 0.239. The molecule has 0 N–H and O–H groups in total. The molecule has 1 heterocycles. The summed E-state index contributed by atoms with van der Waals surface area (Å²) in [6.07, 6.45) is 7.03. The van der Waals surface area contributed by atoms with E-state index in [4.69, 9.17) is 0 Å². The molecule has 15 heavy (non-hydrogen) atoms. The van der Waals surface area contributed by atoms with Crippen molar-refractivity contribution in [1.29, 1.82) is 0 Å². The number of piperidine rings is 1. The number of allylic oxidation sites excluding steroid dienone is 2. The van der Waals surface area contributed by atoms with Gasteiger partial charge in [-0.1, -0.05) is 26.0 Å². The molecule has 0 saturated carbocycles. The van der Waals surface area contributed by atoms with Gasteiger partial charge in [-0.15, -0.1) is 0 Å². The van der Waals surface area contributed by atoms with Gasteiger partial charge in [0.1, 0.15) is 5.78 Å². The highest BCUT2D eigenvalue weighted by atomic mass is 16.1. The second kappa shape index (κ2) is 4.48. The number of carbonyl (C=O) groups excluding carboxylic acids is 1. The first-order chi connectivity index (χ1) is 7.16. The van der Waals surface area contributed by atoms with Crippen molar-refractivity contribution in [2.45, 2.75) is 26.7 Å². The largest absolute Gasteiger partial charge is 0.302 e. The van der Waals surface area contributed by atoms with Crippen LogP contribution >= 0.6 is 0 Å². The molecule has 2 unspecified atom stereocenters. The van der Waals surface area contributed by atoms with E-state index in [1.807, 2.05) is 0 Å². The molecule has 84 valence electrons. The maximum absolute atomic E-state index is 11.7. The third-order valence-electron chi connectivity index (χ3n) is 3.66. The van der Waals surface area contributed by atoms with Crippen LogP contribution in [0.5, 0.6) is 0 Å². The lowest BCUT2D eigenvalue weighted by atomic mass is 9.89. The number of likely N-dealkylation sites (tertiary alicyclic amines) is 1. The van der Waals surface area contributed by atoms with Gasteiger partial charge in [0, 0.05) is 31.5 Å². The van der Waals surface area contributed by atoms with Crippen molar-refractivity contribution in [3.05, 3.63) is 12.2 Å². The van der Waals surface area contributed by atoms with Crippen molar-refractivity contribution in [2.24, 2.45) is 17.8 Å². The van der Waals surface area contributed by atoms with Crippen molar-refractivity contribution in [3.8, 4) is 0 Å². The van der Waals surface area contributed by atoms with Gasteiger partial charge in [-0.2, -0.15) is 0 Å². The lowest BCUT2D eigenvalue weighted by molar-refractivity contribution is -0.130. The topological polar surface area (TPSA) is 20.3 Å². The quantitative estimate of drug-likeness (QED) is 0.646. The Labute approximate surface area is 92.3 Å². The van der Waals surface area contributed by atoms with Gasteiger partial charge in [-0.25, -0.2) is 0 Å². The third kappa shape index (κ3) is 2.49. The Bertz CT molecular complexity index is 250. The Kier molecular flexibility index (Phi) is 3.25. The minimum Gasteiger partial charge on any atom is -0.302 e. The van der Waals surface area contributed by atoms with E-state index in [0.29, 0.717) is 5.78 Å². The zero-order valence-electron chi connectivity index (χ0n) is 9.78. The predicted octanol–water partition coefficient (Wildman–Crippen LogP) is 2.11. The molecule has 1 aliphatic heterocycles. The summed E-state index contributed by atoms with van der Waals surface area (Å²) in [5.41, 5.74) is 0. The molecule has 0 amide bonds. The summed E-state index contributed by atoms with van der Waals surface area (Å²) in [6.45, 7) is 7.25. The lowest BCUT2D eigenvalue weighted by Gasteiger charge is -2.35. The molecule has 2 rings (SSSR count). The van der Waals surface area contributed by atoms with E-state index in [1.54, 1.807) is 0 Å². The van der Waals surface area contributed by atoms with Crippen molar-refractivity contribution in [3.63, 3.8) is 0 Å². The van der Waals surface area contributed by atoms with Crippen LogP contribution in [0.2, 0.25) is 0 Å². The van der Waals surface area contributed by atoms with Gasteiger partial charge in [0.25, 0.3) is 0 Å². The molecule has 2 heteroatoms. The first kappa shape index (κ1) is 10.9. The SMILES string of the molecule is CC1CN(CC2CC=CC2)CC(C)C1=O. The van der Waals surface area contributed by atoms with Gasteiger partial charge < -0.3 is 4.90 Å². The second-order valence-electron chi connectivity index (χ2n) is 5.23. The first-order valence-corrected chi connectivity index (χ1v) is 6.08. The molecular weight excluding hydrogens is 186 g/mol. The molecule has 1 aliphatic carbocycles. The van der Waals surface area contributed by atoms with Crippen LogP contribution in [0, 0.1) is 17.8 Å². The van der Waals surface area contributed by atoms with Crippen molar-refractivity contribution < 1.29 is 4.79 Å². The molecule has 1 saturated heterocycles. The molecule has 0 aromatic heterocycles. The average Bonchev–Trinajstić information content (AvgIpc) is 2.66. The van der Waals surface area contributed by atoms with E-state index in [1.165, 1.54) is 19.4 Å². The fourth-order valence-electron chi connectivity index (χ4n) is 2.85. The van der Waals surface area contributed by atoms with Gasteiger partial charge in [0.2, 0.25) is 0 Å². The summed E-state index contributed by atoms with van der Waals surface area (Å²) in [7, 11) is 0. The molecule has 2 nitrogen and oxygen atoms in total. The van der Waals surface area contributed by atoms with Gasteiger partial charge in [-0.3, -0.25) is 4.79 Å². The van der Waals surface area contributed by atoms with Crippen LogP contribution in [0.15, 0.2) is 12.2 Å². The molecule has 0 spiro atoms. The fraction of sp³-hybridized carbons (Fsp3) is 0.769. The van der Waals surface area contributed by atoms with Crippen LogP contribution in [-0.4, -0.2) is 30.3 Å². The zero-order valence-corrected chi connectivity index (χ0v) is 9.78.